The number of carbonyl (C=O) groups is 2. The molecule has 1 aliphatic heterocycles. The van der Waals surface area contributed by atoms with Gasteiger partial charge in [0, 0.05) is 31.7 Å². The van der Waals surface area contributed by atoms with Crippen molar-refractivity contribution < 1.29 is 19.1 Å². The lowest BCUT2D eigenvalue weighted by atomic mass is 10.0. The Hall–Kier alpha value is -2.12. The molecule has 1 aliphatic rings. The molecule has 0 aromatic heterocycles. The molecule has 7 nitrogen and oxygen atoms in total. The van der Waals surface area contributed by atoms with Crippen LogP contribution in [0.15, 0.2) is 24.3 Å². The van der Waals surface area contributed by atoms with E-state index < -0.39 is 6.04 Å². The molecule has 2 atom stereocenters. The molecule has 168 valence electrons. The van der Waals surface area contributed by atoms with Crippen molar-refractivity contribution in [3.63, 3.8) is 0 Å². The first kappa shape index (κ1) is 24.2. The van der Waals surface area contributed by atoms with Crippen LogP contribution in [0.25, 0.3) is 0 Å². The number of amides is 2. The Morgan fingerprint density at radius 2 is 1.90 bits per heavy atom. The zero-order valence-corrected chi connectivity index (χ0v) is 18.9. The van der Waals surface area contributed by atoms with E-state index in [1.54, 1.807) is 24.3 Å². The lowest BCUT2D eigenvalue weighted by Gasteiger charge is -2.34. The van der Waals surface area contributed by atoms with Gasteiger partial charge in [0.25, 0.3) is 5.91 Å². The fourth-order valence-electron chi connectivity index (χ4n) is 3.54. The molecule has 0 saturated carbocycles. The van der Waals surface area contributed by atoms with Gasteiger partial charge in [-0.3, -0.25) is 14.5 Å². The molecule has 30 heavy (non-hydrogen) atoms. The molecule has 0 aliphatic carbocycles. The van der Waals surface area contributed by atoms with Crippen LogP contribution >= 0.6 is 0 Å². The van der Waals surface area contributed by atoms with Gasteiger partial charge in [0.2, 0.25) is 5.91 Å². The third-order valence-corrected chi connectivity index (χ3v) is 5.01. The highest BCUT2D eigenvalue weighted by Gasteiger charge is 2.27. The monoisotopic (exact) mass is 419 g/mol. The molecule has 7 heteroatoms. The SMILES string of the molecule is CCOc1ccc(C(=O)N[C@@H](C(=O)NC[C@@H]2CN(CC(C)C)CCO2)C(C)C)cc1. The van der Waals surface area contributed by atoms with Gasteiger partial charge in [0.05, 0.1) is 19.3 Å². The zero-order chi connectivity index (χ0) is 22.1. The summed E-state index contributed by atoms with van der Waals surface area (Å²) in [5.74, 6) is 0.812. The van der Waals surface area contributed by atoms with Crippen molar-refractivity contribution in [2.45, 2.75) is 46.8 Å². The van der Waals surface area contributed by atoms with Crippen molar-refractivity contribution in [2.24, 2.45) is 11.8 Å². The number of carbonyl (C=O) groups excluding carboxylic acids is 2. The van der Waals surface area contributed by atoms with Crippen LogP contribution in [-0.4, -0.2) is 68.3 Å². The summed E-state index contributed by atoms with van der Waals surface area (Å²) in [6, 6.07) is 6.31. The minimum atomic E-state index is -0.612. The summed E-state index contributed by atoms with van der Waals surface area (Å²) in [5, 5.41) is 5.83. The van der Waals surface area contributed by atoms with Crippen LogP contribution in [0.2, 0.25) is 0 Å². The van der Waals surface area contributed by atoms with E-state index in [9.17, 15) is 9.59 Å². The van der Waals surface area contributed by atoms with Crippen molar-refractivity contribution in [2.75, 3.05) is 39.4 Å². The van der Waals surface area contributed by atoms with Crippen molar-refractivity contribution in [1.82, 2.24) is 15.5 Å². The Kier molecular flexibility index (Phi) is 9.59. The van der Waals surface area contributed by atoms with Crippen molar-refractivity contribution in [3.8, 4) is 5.75 Å². The van der Waals surface area contributed by atoms with Gasteiger partial charge < -0.3 is 20.1 Å². The van der Waals surface area contributed by atoms with Gasteiger partial charge in [-0.1, -0.05) is 27.7 Å². The summed E-state index contributed by atoms with van der Waals surface area (Å²) in [4.78, 5) is 27.8. The van der Waals surface area contributed by atoms with Gasteiger partial charge in [-0.15, -0.1) is 0 Å². The molecule has 1 fully saturated rings. The first-order valence-electron chi connectivity index (χ1n) is 11.0. The fraction of sp³-hybridized carbons (Fsp3) is 0.652. The first-order chi connectivity index (χ1) is 14.3. The van der Waals surface area contributed by atoms with Gasteiger partial charge in [0.1, 0.15) is 11.8 Å². The minimum Gasteiger partial charge on any atom is -0.494 e. The predicted molar refractivity (Wildman–Crippen MR) is 118 cm³/mol. The Morgan fingerprint density at radius 3 is 2.50 bits per heavy atom. The predicted octanol–water partition coefficient (Wildman–Crippen LogP) is 2.31. The average Bonchev–Trinajstić information content (AvgIpc) is 2.70. The average molecular weight is 420 g/mol. The maximum atomic E-state index is 12.8. The quantitative estimate of drug-likeness (QED) is 0.608. The molecule has 2 rings (SSSR count). The minimum absolute atomic E-state index is 0.0314. The second-order valence-electron chi connectivity index (χ2n) is 8.54. The van der Waals surface area contributed by atoms with Crippen LogP contribution in [-0.2, 0) is 9.53 Å². The van der Waals surface area contributed by atoms with Crippen LogP contribution in [0.3, 0.4) is 0 Å². The van der Waals surface area contributed by atoms with Crippen molar-refractivity contribution >= 4 is 11.8 Å². The number of morpholine rings is 1. The summed E-state index contributed by atoms with van der Waals surface area (Å²) >= 11 is 0. The normalized spacial score (nSPS) is 18.3. The topological polar surface area (TPSA) is 79.9 Å². The third-order valence-electron chi connectivity index (χ3n) is 5.01. The number of rotatable bonds is 10. The highest BCUT2D eigenvalue weighted by atomic mass is 16.5. The number of nitrogens with one attached hydrogen (secondary N) is 2. The number of hydrogen-bond donors (Lipinski definition) is 2. The summed E-state index contributed by atoms with van der Waals surface area (Å²) in [5.41, 5.74) is 0.497. The molecule has 1 heterocycles. The molecule has 0 bridgehead atoms. The van der Waals surface area contributed by atoms with Crippen LogP contribution in [0.4, 0.5) is 0 Å². The molecule has 1 aromatic carbocycles. The van der Waals surface area contributed by atoms with E-state index in [1.807, 2.05) is 20.8 Å². The fourth-order valence-corrected chi connectivity index (χ4v) is 3.54. The van der Waals surface area contributed by atoms with Gasteiger partial charge in [-0.05, 0) is 43.0 Å². The second kappa shape index (κ2) is 11.9. The van der Waals surface area contributed by atoms with Crippen LogP contribution < -0.4 is 15.4 Å². The van der Waals surface area contributed by atoms with E-state index in [2.05, 4.69) is 29.4 Å². The Morgan fingerprint density at radius 1 is 1.20 bits per heavy atom. The first-order valence-corrected chi connectivity index (χ1v) is 11.0. The molecule has 0 radical (unpaired) electrons. The highest BCUT2D eigenvalue weighted by Crippen LogP contribution is 2.13. The smallest absolute Gasteiger partial charge is 0.251 e. The van der Waals surface area contributed by atoms with E-state index >= 15 is 0 Å². The summed E-state index contributed by atoms with van der Waals surface area (Å²) < 4.78 is 11.2. The summed E-state index contributed by atoms with van der Waals surface area (Å²) in [6.45, 7) is 14.6. The van der Waals surface area contributed by atoms with Crippen molar-refractivity contribution in [1.29, 1.82) is 0 Å². The second-order valence-corrected chi connectivity index (χ2v) is 8.54. The highest BCUT2D eigenvalue weighted by molar-refractivity contribution is 5.97. The van der Waals surface area contributed by atoms with E-state index in [0.29, 0.717) is 37.0 Å². The van der Waals surface area contributed by atoms with Crippen LogP contribution in [0.1, 0.15) is 45.0 Å². The van der Waals surface area contributed by atoms with Gasteiger partial charge in [-0.25, -0.2) is 0 Å². The Balaban J connectivity index is 1.88. The van der Waals surface area contributed by atoms with Crippen LogP contribution in [0, 0.1) is 11.8 Å². The van der Waals surface area contributed by atoms with E-state index in [0.717, 1.165) is 19.6 Å². The molecule has 0 unspecified atom stereocenters. The van der Waals surface area contributed by atoms with E-state index in [-0.39, 0.29) is 23.8 Å². The van der Waals surface area contributed by atoms with E-state index in [1.165, 1.54) is 0 Å². The molecule has 0 spiro atoms. The van der Waals surface area contributed by atoms with Gasteiger partial charge >= 0.3 is 0 Å². The largest absolute Gasteiger partial charge is 0.494 e. The maximum absolute atomic E-state index is 12.8. The molecule has 2 N–H and O–H groups in total. The third kappa shape index (κ3) is 7.61. The summed E-state index contributed by atoms with van der Waals surface area (Å²) in [6.07, 6.45) is -0.0314. The molecular formula is C23H37N3O4. The molecule has 1 saturated heterocycles. The van der Waals surface area contributed by atoms with Crippen molar-refractivity contribution in [3.05, 3.63) is 29.8 Å². The lowest BCUT2D eigenvalue weighted by molar-refractivity contribution is -0.125. The molecule has 2 amide bonds. The number of ether oxygens (including phenoxy) is 2. The molecule has 1 aromatic rings. The van der Waals surface area contributed by atoms with E-state index in [4.69, 9.17) is 9.47 Å². The molecular weight excluding hydrogens is 382 g/mol. The summed E-state index contributed by atoms with van der Waals surface area (Å²) in [7, 11) is 0. The van der Waals surface area contributed by atoms with Gasteiger partial charge in [0.15, 0.2) is 0 Å². The number of benzene rings is 1. The lowest BCUT2D eigenvalue weighted by Crippen LogP contribution is -2.53. The van der Waals surface area contributed by atoms with Gasteiger partial charge in [-0.2, -0.15) is 0 Å². The number of nitrogens with zero attached hydrogens (tertiary/aromatic N) is 1. The zero-order valence-electron chi connectivity index (χ0n) is 18.9. The number of hydrogen-bond acceptors (Lipinski definition) is 5. The Bertz CT molecular complexity index is 676. The standard InChI is InChI=1S/C23H37N3O4/c1-6-29-19-9-7-18(8-10-19)22(27)25-21(17(4)5)23(28)24-13-20-15-26(11-12-30-20)14-16(2)3/h7-10,16-17,20-21H,6,11-15H2,1-5H3,(H,24,28)(H,25,27)/t20-,21-/m1/s1. The van der Waals surface area contributed by atoms with Crippen LogP contribution in [0.5, 0.6) is 5.75 Å². The Labute approximate surface area is 180 Å². The maximum Gasteiger partial charge on any atom is 0.251 e.